The van der Waals surface area contributed by atoms with Crippen LogP contribution in [-0.2, 0) is 22.3 Å². The molecular weight excluding hydrogens is 314 g/mol. The average Bonchev–Trinajstić information content (AvgIpc) is 2.87. The van der Waals surface area contributed by atoms with Crippen LogP contribution in [0.2, 0.25) is 0 Å². The quantitative estimate of drug-likeness (QED) is 0.789. The van der Waals surface area contributed by atoms with Gasteiger partial charge in [-0.25, -0.2) is 9.59 Å². The van der Waals surface area contributed by atoms with E-state index in [2.05, 4.69) is 0 Å². The lowest BCUT2D eigenvalue weighted by Gasteiger charge is -2.33. The summed E-state index contributed by atoms with van der Waals surface area (Å²) in [6.07, 6.45) is 2.06. The average molecular weight is 339 g/mol. The molecule has 1 amide bonds. The number of fused-ring (bicyclic) bond motifs is 1. The van der Waals surface area contributed by atoms with Gasteiger partial charge in [-0.3, -0.25) is 0 Å². The smallest absolute Gasteiger partial charge is 0.410 e. The molecule has 1 aliphatic carbocycles. The van der Waals surface area contributed by atoms with Gasteiger partial charge < -0.3 is 14.4 Å². The van der Waals surface area contributed by atoms with Crippen LogP contribution in [-0.4, -0.2) is 42.3 Å². The van der Waals surface area contributed by atoms with Crippen molar-refractivity contribution in [2.75, 3.05) is 13.7 Å². The van der Waals surface area contributed by atoms with Crippen LogP contribution in [0.3, 0.4) is 0 Å². The molecule has 128 valence electrons. The van der Waals surface area contributed by atoms with Crippen LogP contribution >= 0.6 is 11.3 Å². The number of thiophene rings is 1. The fourth-order valence-electron chi connectivity index (χ4n) is 2.71. The molecule has 0 radical (unpaired) electrons. The number of esters is 1. The first kappa shape index (κ1) is 17.8. The molecule has 0 spiro atoms. The van der Waals surface area contributed by atoms with E-state index >= 15 is 0 Å². The fraction of sp³-hybridized carbons (Fsp3) is 0.647. The number of ether oxygens (including phenoxy) is 2. The fourth-order valence-corrected chi connectivity index (χ4v) is 3.74. The number of nitrogens with zero attached hydrogens (tertiary/aromatic N) is 1. The maximum Gasteiger partial charge on any atom is 0.410 e. The Balaban J connectivity index is 2.06. The van der Waals surface area contributed by atoms with Crippen LogP contribution in [0, 0.1) is 0 Å². The van der Waals surface area contributed by atoms with Gasteiger partial charge in [0.15, 0.2) is 0 Å². The zero-order valence-electron chi connectivity index (χ0n) is 14.5. The maximum absolute atomic E-state index is 12.2. The molecule has 5 nitrogen and oxygen atoms in total. The van der Waals surface area contributed by atoms with Crippen molar-refractivity contribution in [1.29, 1.82) is 0 Å². The molecule has 0 aromatic carbocycles. The molecule has 23 heavy (non-hydrogen) atoms. The summed E-state index contributed by atoms with van der Waals surface area (Å²) in [5.74, 6) is -0.238. The molecule has 0 saturated carbocycles. The van der Waals surface area contributed by atoms with E-state index in [9.17, 15) is 9.59 Å². The van der Waals surface area contributed by atoms with Crippen molar-refractivity contribution in [1.82, 2.24) is 4.90 Å². The summed E-state index contributed by atoms with van der Waals surface area (Å²) >= 11 is 1.44. The van der Waals surface area contributed by atoms with E-state index in [1.165, 1.54) is 11.3 Å². The SMILES string of the molecule is CCOC(=O)c1scc2c1CCC(N(C)C(=O)OC(C)(C)C)C2. The highest BCUT2D eigenvalue weighted by Gasteiger charge is 2.31. The minimum absolute atomic E-state index is 0.0991. The van der Waals surface area contributed by atoms with Gasteiger partial charge in [0.05, 0.1) is 6.61 Å². The van der Waals surface area contributed by atoms with Crippen LogP contribution in [0.5, 0.6) is 0 Å². The van der Waals surface area contributed by atoms with Crippen molar-refractivity contribution in [2.45, 2.75) is 58.6 Å². The Morgan fingerprint density at radius 1 is 1.39 bits per heavy atom. The van der Waals surface area contributed by atoms with E-state index in [-0.39, 0.29) is 18.1 Å². The number of likely N-dealkylation sites (N-methyl/N-ethyl adjacent to an activating group) is 1. The highest BCUT2D eigenvalue weighted by Crippen LogP contribution is 2.32. The summed E-state index contributed by atoms with van der Waals surface area (Å²) in [6.45, 7) is 7.78. The second-order valence-corrected chi connectivity index (χ2v) is 7.66. The van der Waals surface area contributed by atoms with Crippen molar-refractivity contribution in [3.05, 3.63) is 21.4 Å². The van der Waals surface area contributed by atoms with Gasteiger partial charge in [0, 0.05) is 13.1 Å². The molecule has 0 saturated heterocycles. The third kappa shape index (κ3) is 4.25. The first-order valence-electron chi connectivity index (χ1n) is 7.95. The van der Waals surface area contributed by atoms with Crippen molar-refractivity contribution in [3.63, 3.8) is 0 Å². The Hall–Kier alpha value is -1.56. The maximum atomic E-state index is 12.2. The number of carbonyl (C=O) groups is 2. The van der Waals surface area contributed by atoms with E-state index in [1.807, 2.05) is 33.1 Å². The molecule has 0 aliphatic heterocycles. The van der Waals surface area contributed by atoms with Gasteiger partial charge in [-0.1, -0.05) is 0 Å². The third-order valence-corrected chi connectivity index (χ3v) is 4.91. The molecule has 1 unspecified atom stereocenters. The van der Waals surface area contributed by atoms with E-state index in [1.54, 1.807) is 11.9 Å². The second-order valence-electron chi connectivity index (χ2n) is 6.78. The molecule has 6 heteroatoms. The van der Waals surface area contributed by atoms with Gasteiger partial charge in [-0.2, -0.15) is 0 Å². The highest BCUT2D eigenvalue weighted by molar-refractivity contribution is 7.12. The van der Waals surface area contributed by atoms with Gasteiger partial charge in [-0.15, -0.1) is 11.3 Å². The zero-order chi connectivity index (χ0) is 17.2. The van der Waals surface area contributed by atoms with Crippen molar-refractivity contribution in [2.24, 2.45) is 0 Å². The second kappa shape index (κ2) is 6.91. The standard InChI is InChI=1S/C17H25NO4S/c1-6-21-15(19)14-13-8-7-12(9-11(13)10-23-14)18(5)16(20)22-17(2,3)4/h10,12H,6-9H2,1-5H3. The molecule has 1 aromatic heterocycles. The minimum Gasteiger partial charge on any atom is -0.462 e. The summed E-state index contributed by atoms with van der Waals surface area (Å²) in [4.78, 5) is 26.5. The van der Waals surface area contributed by atoms with Crippen molar-refractivity contribution >= 4 is 23.4 Å². The molecule has 1 heterocycles. The number of hydrogen-bond acceptors (Lipinski definition) is 5. The lowest BCUT2D eigenvalue weighted by atomic mass is 9.89. The van der Waals surface area contributed by atoms with Crippen LogP contribution < -0.4 is 0 Å². The van der Waals surface area contributed by atoms with Gasteiger partial charge in [0.2, 0.25) is 0 Å². The normalized spacial score (nSPS) is 17.3. The van der Waals surface area contributed by atoms with E-state index in [0.29, 0.717) is 11.5 Å². The Morgan fingerprint density at radius 3 is 2.70 bits per heavy atom. The van der Waals surface area contributed by atoms with Crippen LogP contribution in [0.25, 0.3) is 0 Å². The molecule has 0 fully saturated rings. The Bertz CT molecular complexity index is 588. The topological polar surface area (TPSA) is 55.8 Å². The van der Waals surface area contributed by atoms with Crippen LogP contribution in [0.1, 0.15) is 54.9 Å². The largest absolute Gasteiger partial charge is 0.462 e. The summed E-state index contributed by atoms with van der Waals surface area (Å²) in [5.41, 5.74) is 1.73. The lowest BCUT2D eigenvalue weighted by molar-refractivity contribution is 0.0209. The van der Waals surface area contributed by atoms with Gasteiger partial charge in [-0.05, 0) is 63.5 Å². The predicted octanol–water partition coefficient (Wildman–Crippen LogP) is 3.65. The van der Waals surface area contributed by atoms with E-state index in [0.717, 1.165) is 30.4 Å². The summed E-state index contributed by atoms with van der Waals surface area (Å²) < 4.78 is 10.5. The first-order valence-corrected chi connectivity index (χ1v) is 8.83. The molecule has 1 atom stereocenters. The number of hydrogen-bond donors (Lipinski definition) is 0. The monoisotopic (exact) mass is 339 g/mol. The number of rotatable bonds is 3. The minimum atomic E-state index is -0.495. The Kier molecular flexibility index (Phi) is 5.34. The van der Waals surface area contributed by atoms with Gasteiger partial charge >= 0.3 is 12.1 Å². The van der Waals surface area contributed by atoms with Crippen molar-refractivity contribution < 1.29 is 19.1 Å². The van der Waals surface area contributed by atoms with Gasteiger partial charge in [0.25, 0.3) is 0 Å². The predicted molar refractivity (Wildman–Crippen MR) is 90.1 cm³/mol. The Morgan fingerprint density at radius 2 is 2.09 bits per heavy atom. The van der Waals surface area contributed by atoms with Crippen LogP contribution in [0.15, 0.2) is 5.38 Å². The number of amides is 1. The molecule has 1 aromatic rings. The lowest BCUT2D eigenvalue weighted by Crippen LogP contribution is -2.43. The molecule has 2 rings (SSSR count). The van der Waals surface area contributed by atoms with E-state index in [4.69, 9.17) is 9.47 Å². The van der Waals surface area contributed by atoms with Crippen molar-refractivity contribution in [3.8, 4) is 0 Å². The van der Waals surface area contributed by atoms with Gasteiger partial charge in [0.1, 0.15) is 10.5 Å². The van der Waals surface area contributed by atoms with Crippen LogP contribution in [0.4, 0.5) is 4.79 Å². The molecule has 0 N–H and O–H groups in total. The number of carbonyl (C=O) groups excluding carboxylic acids is 2. The summed E-state index contributed by atoms with van der Waals surface area (Å²) in [7, 11) is 1.78. The first-order chi connectivity index (χ1) is 10.7. The summed E-state index contributed by atoms with van der Waals surface area (Å²) in [5, 5.41) is 2.01. The molecule has 1 aliphatic rings. The molecule has 0 bridgehead atoms. The highest BCUT2D eigenvalue weighted by atomic mass is 32.1. The third-order valence-electron chi connectivity index (χ3n) is 3.85. The summed E-state index contributed by atoms with van der Waals surface area (Å²) in [6, 6.07) is 0.0991. The zero-order valence-corrected chi connectivity index (χ0v) is 15.3. The molecular formula is C17H25NO4S. The van der Waals surface area contributed by atoms with E-state index < -0.39 is 5.60 Å². The Labute approximate surface area is 141 Å².